The van der Waals surface area contributed by atoms with Crippen LogP contribution in [0.2, 0.25) is 0 Å². The molecule has 0 spiro atoms. The summed E-state index contributed by atoms with van der Waals surface area (Å²) in [7, 11) is 0.0244. The van der Waals surface area contributed by atoms with E-state index < -0.39 is 16.1 Å². The molecule has 1 saturated heterocycles. The van der Waals surface area contributed by atoms with E-state index >= 15 is 0 Å². The number of hydrogen-bond acceptors (Lipinski definition) is 5. The Kier molecular flexibility index (Phi) is 6.47. The van der Waals surface area contributed by atoms with Crippen LogP contribution in [0.5, 0.6) is 0 Å². The number of aryl methyl sites for hydroxylation is 3. The Morgan fingerprint density at radius 3 is 2.53 bits per heavy atom. The summed E-state index contributed by atoms with van der Waals surface area (Å²) in [5.41, 5.74) is 3.33. The van der Waals surface area contributed by atoms with Gasteiger partial charge in [0.15, 0.2) is 0 Å². The van der Waals surface area contributed by atoms with Gasteiger partial charge in [-0.1, -0.05) is 23.8 Å². The summed E-state index contributed by atoms with van der Waals surface area (Å²) in [5, 5.41) is 2.92. The largest absolute Gasteiger partial charge is 0.362 e. The molecule has 7 nitrogen and oxygen atoms in total. The topological polar surface area (TPSA) is 82.6 Å². The molecule has 2 aromatic rings. The number of amides is 1. The lowest BCUT2D eigenvalue weighted by Crippen LogP contribution is -2.46. The van der Waals surface area contributed by atoms with Crippen molar-refractivity contribution >= 4 is 21.7 Å². The van der Waals surface area contributed by atoms with Crippen LogP contribution >= 0.6 is 0 Å². The van der Waals surface area contributed by atoms with Crippen molar-refractivity contribution in [3.8, 4) is 0 Å². The van der Waals surface area contributed by atoms with E-state index in [2.05, 4.69) is 10.3 Å². The molecule has 1 unspecified atom stereocenters. The molecule has 1 amide bonds. The van der Waals surface area contributed by atoms with Gasteiger partial charge in [0.2, 0.25) is 15.9 Å². The molecule has 1 aliphatic heterocycles. The van der Waals surface area contributed by atoms with E-state index in [1.165, 1.54) is 4.31 Å². The van der Waals surface area contributed by atoms with Crippen LogP contribution in [-0.2, 0) is 21.4 Å². The van der Waals surface area contributed by atoms with Gasteiger partial charge < -0.3 is 10.2 Å². The summed E-state index contributed by atoms with van der Waals surface area (Å²) in [6, 6.07) is 6.77. The van der Waals surface area contributed by atoms with Crippen LogP contribution in [-0.4, -0.2) is 50.3 Å². The van der Waals surface area contributed by atoms with E-state index in [1.807, 2.05) is 64.0 Å². The predicted octanol–water partition coefficient (Wildman–Crippen LogP) is 2.54. The number of benzene rings is 1. The minimum atomic E-state index is -3.76. The zero-order chi connectivity index (χ0) is 22.1. The van der Waals surface area contributed by atoms with Gasteiger partial charge in [0.25, 0.3) is 0 Å². The van der Waals surface area contributed by atoms with Crippen molar-refractivity contribution < 1.29 is 13.2 Å². The van der Waals surface area contributed by atoms with E-state index in [-0.39, 0.29) is 5.91 Å². The molecule has 1 aromatic carbocycles. The quantitative estimate of drug-likeness (QED) is 0.762. The molecule has 30 heavy (non-hydrogen) atoms. The van der Waals surface area contributed by atoms with E-state index in [0.29, 0.717) is 42.0 Å². The van der Waals surface area contributed by atoms with Crippen molar-refractivity contribution in [2.45, 2.75) is 51.1 Å². The lowest BCUT2D eigenvalue weighted by Gasteiger charge is -2.25. The van der Waals surface area contributed by atoms with Gasteiger partial charge in [0.05, 0.1) is 4.90 Å². The van der Waals surface area contributed by atoms with E-state index in [9.17, 15) is 13.2 Å². The summed E-state index contributed by atoms with van der Waals surface area (Å²) in [5.74, 6) is 0.506. The van der Waals surface area contributed by atoms with Crippen molar-refractivity contribution in [1.82, 2.24) is 14.6 Å². The van der Waals surface area contributed by atoms with Crippen LogP contribution in [0.4, 0.5) is 5.82 Å². The molecule has 0 saturated carbocycles. The molecule has 1 atom stereocenters. The number of nitrogens with zero attached hydrogens (tertiary/aromatic N) is 3. The Morgan fingerprint density at radius 1 is 1.23 bits per heavy atom. The minimum absolute atomic E-state index is 0.271. The average Bonchev–Trinajstić information content (AvgIpc) is 3.16. The third-order valence-corrected chi connectivity index (χ3v) is 7.64. The predicted molar refractivity (Wildman–Crippen MR) is 118 cm³/mol. The van der Waals surface area contributed by atoms with E-state index in [4.69, 9.17) is 0 Å². The molecular formula is C22H30N4O3S. The Bertz CT molecular complexity index is 1030. The fourth-order valence-electron chi connectivity index (χ4n) is 4.25. The van der Waals surface area contributed by atoms with Gasteiger partial charge >= 0.3 is 0 Å². The van der Waals surface area contributed by atoms with Crippen LogP contribution in [0, 0.1) is 20.8 Å². The number of carbonyl (C=O) groups excluding carboxylic acids is 1. The highest BCUT2D eigenvalue weighted by Gasteiger charge is 2.40. The average molecular weight is 431 g/mol. The maximum Gasteiger partial charge on any atom is 0.244 e. The van der Waals surface area contributed by atoms with Crippen LogP contribution in [0.25, 0.3) is 0 Å². The fraction of sp³-hybridized carbons (Fsp3) is 0.455. The van der Waals surface area contributed by atoms with Gasteiger partial charge in [0.1, 0.15) is 11.9 Å². The molecular weight excluding hydrogens is 400 g/mol. The van der Waals surface area contributed by atoms with Crippen LogP contribution in [0.3, 0.4) is 0 Å². The summed E-state index contributed by atoms with van der Waals surface area (Å²) in [4.78, 5) is 19.5. The molecule has 0 aliphatic carbocycles. The number of hydrogen-bond donors (Lipinski definition) is 1. The molecule has 0 bridgehead atoms. The van der Waals surface area contributed by atoms with Crippen molar-refractivity contribution in [3.63, 3.8) is 0 Å². The fourth-order valence-corrected chi connectivity index (χ4v) is 6.32. The zero-order valence-electron chi connectivity index (χ0n) is 18.3. The summed E-state index contributed by atoms with van der Waals surface area (Å²) >= 11 is 0. The second-order valence-electron chi connectivity index (χ2n) is 8.10. The number of pyridine rings is 1. The highest BCUT2D eigenvalue weighted by Crippen LogP contribution is 2.30. The van der Waals surface area contributed by atoms with E-state index in [0.717, 1.165) is 16.9 Å². The number of rotatable bonds is 6. The van der Waals surface area contributed by atoms with Crippen LogP contribution < -0.4 is 10.2 Å². The van der Waals surface area contributed by atoms with Crippen LogP contribution in [0.15, 0.2) is 35.4 Å². The normalized spacial score (nSPS) is 17.2. The first kappa shape index (κ1) is 22.2. The summed E-state index contributed by atoms with van der Waals surface area (Å²) in [6.07, 6.45) is 2.89. The maximum atomic E-state index is 13.4. The minimum Gasteiger partial charge on any atom is -0.362 e. The highest BCUT2D eigenvalue weighted by atomic mass is 32.2. The molecule has 3 rings (SSSR count). The third kappa shape index (κ3) is 4.34. The summed E-state index contributed by atoms with van der Waals surface area (Å²) in [6.45, 7) is 6.21. The lowest BCUT2D eigenvalue weighted by molar-refractivity contribution is -0.124. The van der Waals surface area contributed by atoms with E-state index in [1.54, 1.807) is 6.20 Å². The first-order valence-electron chi connectivity index (χ1n) is 10.1. The maximum absolute atomic E-state index is 13.4. The van der Waals surface area contributed by atoms with Crippen molar-refractivity contribution in [3.05, 3.63) is 52.7 Å². The SMILES string of the molecule is Cc1cc(C)c(S(=O)(=O)N2CCCC2C(=O)NCc2cccnc2N(C)C)c(C)c1. The lowest BCUT2D eigenvalue weighted by atomic mass is 10.1. The number of anilines is 1. The summed E-state index contributed by atoms with van der Waals surface area (Å²) < 4.78 is 28.3. The Balaban J connectivity index is 1.81. The molecule has 1 N–H and O–H groups in total. The standard InChI is InChI=1S/C22H30N4O3S/c1-15-12-16(2)20(17(3)13-15)30(28,29)26-11-7-9-19(26)22(27)24-14-18-8-6-10-23-21(18)25(4)5/h6,8,10,12-13,19H,7,9,11,14H2,1-5H3,(H,24,27). The van der Waals surface area contributed by atoms with Gasteiger partial charge in [-0.05, 0) is 50.8 Å². The van der Waals surface area contributed by atoms with Gasteiger partial charge in [-0.15, -0.1) is 0 Å². The van der Waals surface area contributed by atoms with Crippen molar-refractivity contribution in [2.75, 3.05) is 25.5 Å². The van der Waals surface area contributed by atoms with Gasteiger partial charge in [-0.2, -0.15) is 4.31 Å². The van der Waals surface area contributed by atoms with Gasteiger partial charge in [-0.25, -0.2) is 13.4 Å². The Morgan fingerprint density at radius 2 is 1.90 bits per heavy atom. The first-order chi connectivity index (χ1) is 14.1. The van der Waals surface area contributed by atoms with Gasteiger partial charge in [-0.3, -0.25) is 4.79 Å². The molecule has 1 fully saturated rings. The molecule has 1 aliphatic rings. The monoisotopic (exact) mass is 430 g/mol. The number of sulfonamides is 1. The molecule has 162 valence electrons. The number of nitrogens with one attached hydrogen (secondary N) is 1. The molecule has 8 heteroatoms. The second-order valence-corrected chi connectivity index (χ2v) is 9.93. The highest BCUT2D eigenvalue weighted by molar-refractivity contribution is 7.89. The third-order valence-electron chi connectivity index (χ3n) is 5.42. The zero-order valence-corrected chi connectivity index (χ0v) is 19.1. The smallest absolute Gasteiger partial charge is 0.244 e. The molecule has 0 radical (unpaired) electrons. The second kappa shape index (κ2) is 8.73. The first-order valence-corrected chi connectivity index (χ1v) is 11.6. The van der Waals surface area contributed by atoms with Crippen LogP contribution in [0.1, 0.15) is 35.1 Å². The van der Waals surface area contributed by atoms with Crippen molar-refractivity contribution in [1.29, 1.82) is 0 Å². The van der Waals surface area contributed by atoms with Crippen molar-refractivity contribution in [2.24, 2.45) is 0 Å². The number of aromatic nitrogens is 1. The molecule has 2 heterocycles. The van der Waals surface area contributed by atoms with Gasteiger partial charge in [0, 0.05) is 38.9 Å². The number of carbonyl (C=O) groups is 1. The Labute approximate surface area is 179 Å². The Hall–Kier alpha value is -2.45. The molecule has 1 aromatic heterocycles.